The van der Waals surface area contributed by atoms with Crippen LogP contribution < -0.4 is 5.32 Å². The second-order valence-electron chi connectivity index (χ2n) is 12.9. The Labute approximate surface area is 289 Å². The van der Waals surface area contributed by atoms with Crippen LogP contribution in [0, 0.1) is 11.8 Å². The molecule has 6 rings (SSSR count). The van der Waals surface area contributed by atoms with E-state index in [9.17, 15) is 24.3 Å². The maximum atomic E-state index is 14.9. The van der Waals surface area contributed by atoms with Gasteiger partial charge in [-0.15, -0.1) is 0 Å². The van der Waals surface area contributed by atoms with Gasteiger partial charge in [0.15, 0.2) is 0 Å². The molecule has 1 spiro atoms. The molecule has 2 aromatic carbocycles. The lowest BCUT2D eigenvalue weighted by atomic mass is 9.74. The molecule has 2 N–H and O–H groups in total. The molecule has 0 saturated carbocycles. The number of nitrogens with zero attached hydrogens (tertiary/aromatic N) is 2. The maximum Gasteiger partial charge on any atom is 0.306 e. The number of benzene rings is 2. The van der Waals surface area contributed by atoms with E-state index in [0.29, 0.717) is 36.8 Å². The van der Waals surface area contributed by atoms with E-state index in [4.69, 9.17) is 9.47 Å². The van der Waals surface area contributed by atoms with Gasteiger partial charge in [0.1, 0.15) is 24.4 Å². The van der Waals surface area contributed by atoms with Crippen molar-refractivity contribution in [2.45, 2.75) is 68.9 Å². The molecule has 0 aliphatic carbocycles. The van der Waals surface area contributed by atoms with Crippen LogP contribution in [-0.4, -0.2) is 82.6 Å². The largest absolute Gasteiger partial charge is 0.463 e. The molecule has 6 atom stereocenters. The van der Waals surface area contributed by atoms with Gasteiger partial charge in [0.05, 0.1) is 17.9 Å². The summed E-state index contributed by atoms with van der Waals surface area (Å²) < 4.78 is 12.9. The molecule has 10 nitrogen and oxygen atoms in total. The van der Waals surface area contributed by atoms with Gasteiger partial charge in [0.25, 0.3) is 0 Å². The first-order valence-corrected chi connectivity index (χ1v) is 17.6. The number of esters is 1. The van der Waals surface area contributed by atoms with Crippen molar-refractivity contribution in [3.05, 3.63) is 94.5 Å². The molecule has 4 heterocycles. The summed E-state index contributed by atoms with van der Waals surface area (Å²) in [6.07, 6.45) is 8.29. The molecule has 4 aliphatic rings. The molecule has 0 aromatic heterocycles. The Hall–Kier alpha value is -3.80. The highest BCUT2D eigenvalue weighted by molar-refractivity contribution is 9.11. The number of halogens is 1. The maximum absolute atomic E-state index is 14.9. The zero-order chi connectivity index (χ0) is 33.7. The fourth-order valence-electron chi connectivity index (χ4n) is 7.44. The molecular weight excluding hydrogens is 678 g/mol. The van der Waals surface area contributed by atoms with Gasteiger partial charge < -0.3 is 29.7 Å². The van der Waals surface area contributed by atoms with E-state index in [1.54, 1.807) is 9.80 Å². The molecule has 3 amide bonds. The lowest BCUT2D eigenvalue weighted by molar-refractivity contribution is -0.148. The van der Waals surface area contributed by atoms with Crippen LogP contribution in [0.5, 0.6) is 0 Å². The van der Waals surface area contributed by atoms with Crippen LogP contribution in [0.3, 0.4) is 0 Å². The van der Waals surface area contributed by atoms with Gasteiger partial charge >= 0.3 is 5.97 Å². The number of ether oxygens (including phenoxy) is 2. The molecule has 2 fully saturated rings. The smallest absolute Gasteiger partial charge is 0.306 e. The van der Waals surface area contributed by atoms with Crippen LogP contribution in [0.25, 0.3) is 0 Å². The standard InChI is InChI=1S/C37H42BrN3O7/c38-27-22-37-31-30(32(27)48-37)34(44)39-28(26-16-8-4-9-17-26)24-47-29(43)18-10-5-11-19-40(23-25-14-6-3-7-15-25)36(46)33(37)41(35(31)45)20-12-1-2-13-21-42/h3-9,11,14-17,22,28,30-33,42H,1-2,10,12-13,18-21,23-24H2,(H,39,44)/b11-5-/t28-,30-,31+,32-,33-,37+/m1/s1. The number of hydrogen-bond acceptors (Lipinski definition) is 7. The summed E-state index contributed by atoms with van der Waals surface area (Å²) in [6.45, 7) is 0.921. The lowest BCUT2D eigenvalue weighted by Crippen LogP contribution is -2.55. The minimum absolute atomic E-state index is 0.0662. The number of carbonyl (C=O) groups excluding carboxylic acids is 4. The molecule has 2 saturated heterocycles. The second-order valence-corrected chi connectivity index (χ2v) is 13.8. The first-order chi connectivity index (χ1) is 23.3. The Morgan fingerprint density at radius 2 is 1.65 bits per heavy atom. The van der Waals surface area contributed by atoms with Gasteiger partial charge in [-0.3, -0.25) is 19.2 Å². The van der Waals surface area contributed by atoms with Gasteiger partial charge in [0, 0.05) is 37.1 Å². The molecule has 11 heteroatoms. The number of rotatable bonds is 9. The average molecular weight is 721 g/mol. The molecule has 4 aliphatic heterocycles. The number of allylic oxidation sites excluding steroid dienone is 1. The zero-order valence-electron chi connectivity index (χ0n) is 26.8. The van der Waals surface area contributed by atoms with E-state index in [1.807, 2.05) is 78.9 Å². The average Bonchev–Trinajstić information content (AvgIpc) is 3.69. The molecule has 48 heavy (non-hydrogen) atoms. The Balaban J connectivity index is 1.39. The third-order valence-electron chi connectivity index (χ3n) is 9.73. The highest BCUT2D eigenvalue weighted by Crippen LogP contribution is 2.58. The molecule has 2 aromatic rings. The minimum Gasteiger partial charge on any atom is -0.463 e. The quantitative estimate of drug-likeness (QED) is 0.226. The molecule has 5 bridgehead atoms. The molecular formula is C37H42BrN3O7. The summed E-state index contributed by atoms with van der Waals surface area (Å²) >= 11 is 3.63. The van der Waals surface area contributed by atoms with Crippen molar-refractivity contribution in [1.82, 2.24) is 15.1 Å². The summed E-state index contributed by atoms with van der Waals surface area (Å²) in [5, 5.41) is 12.3. The predicted molar refractivity (Wildman–Crippen MR) is 181 cm³/mol. The SMILES string of the molecule is O=C1CC/C=C\CN(Cc2ccccc2)C(=O)[C@H]2N(CCCCCCO)C(=O)[C@@H]3[C@@H](C(=O)N[C@@H](c4ccccc4)CO1)[C@@H]1O[C@@]32C=C1Br. The zero-order valence-corrected chi connectivity index (χ0v) is 28.4. The number of aliphatic hydroxyl groups is 1. The summed E-state index contributed by atoms with van der Waals surface area (Å²) in [5.74, 6) is -3.18. The number of unbranched alkanes of at least 4 members (excludes halogenated alkanes) is 3. The Bertz CT molecular complexity index is 1550. The Morgan fingerprint density at radius 3 is 2.40 bits per heavy atom. The monoisotopic (exact) mass is 719 g/mol. The van der Waals surface area contributed by atoms with Crippen molar-refractivity contribution in [3.63, 3.8) is 0 Å². The van der Waals surface area contributed by atoms with E-state index >= 15 is 0 Å². The molecule has 254 valence electrons. The number of fused-ring (bicyclic) bond motifs is 2. The molecule has 0 radical (unpaired) electrons. The van der Waals surface area contributed by atoms with Crippen molar-refractivity contribution in [1.29, 1.82) is 0 Å². The first kappa shape index (κ1) is 34.1. The van der Waals surface area contributed by atoms with Crippen LogP contribution in [0.4, 0.5) is 0 Å². The van der Waals surface area contributed by atoms with Crippen molar-refractivity contribution < 1.29 is 33.8 Å². The van der Waals surface area contributed by atoms with Gasteiger partial charge in [-0.2, -0.15) is 0 Å². The third-order valence-corrected chi connectivity index (χ3v) is 10.4. The predicted octanol–water partition coefficient (Wildman–Crippen LogP) is 4.19. The second kappa shape index (κ2) is 15.2. The van der Waals surface area contributed by atoms with Gasteiger partial charge in [-0.25, -0.2) is 0 Å². The van der Waals surface area contributed by atoms with E-state index in [0.717, 1.165) is 24.0 Å². The van der Waals surface area contributed by atoms with E-state index in [-0.39, 0.29) is 38.0 Å². The van der Waals surface area contributed by atoms with Gasteiger partial charge in [-0.1, -0.05) is 102 Å². The number of hydrogen-bond donors (Lipinski definition) is 2. The van der Waals surface area contributed by atoms with Crippen LogP contribution in [0.15, 0.2) is 83.4 Å². The molecule has 0 unspecified atom stereocenters. The highest BCUT2D eigenvalue weighted by atomic mass is 79.9. The number of aliphatic hydroxyl groups excluding tert-OH is 1. The summed E-state index contributed by atoms with van der Waals surface area (Å²) in [6, 6.07) is 17.3. The van der Waals surface area contributed by atoms with Crippen LogP contribution >= 0.6 is 15.9 Å². The van der Waals surface area contributed by atoms with Crippen molar-refractivity contribution in [2.75, 3.05) is 26.3 Å². The first-order valence-electron chi connectivity index (χ1n) is 16.8. The normalized spacial score (nSPS) is 29.8. The minimum atomic E-state index is -1.34. The fourth-order valence-corrected chi connectivity index (χ4v) is 8.17. The number of carbonyl (C=O) groups is 4. The highest BCUT2D eigenvalue weighted by Gasteiger charge is 2.74. The summed E-state index contributed by atoms with van der Waals surface area (Å²) in [7, 11) is 0. The fraction of sp³-hybridized carbons (Fsp3) is 0.459. The Kier molecular flexibility index (Phi) is 10.8. The topological polar surface area (TPSA) is 125 Å². The van der Waals surface area contributed by atoms with Crippen LogP contribution in [-0.2, 0) is 35.2 Å². The van der Waals surface area contributed by atoms with E-state index in [2.05, 4.69) is 21.2 Å². The lowest BCUT2D eigenvalue weighted by Gasteiger charge is -2.36. The third kappa shape index (κ3) is 6.86. The van der Waals surface area contributed by atoms with Crippen molar-refractivity contribution in [3.8, 4) is 0 Å². The van der Waals surface area contributed by atoms with Crippen molar-refractivity contribution >= 4 is 39.6 Å². The number of nitrogens with one attached hydrogen (secondary N) is 1. The van der Waals surface area contributed by atoms with Gasteiger partial charge in [0.2, 0.25) is 17.7 Å². The van der Waals surface area contributed by atoms with Crippen LogP contribution in [0.2, 0.25) is 0 Å². The van der Waals surface area contributed by atoms with E-state index in [1.165, 1.54) is 0 Å². The number of cyclic esters (lactones) is 1. The summed E-state index contributed by atoms with van der Waals surface area (Å²) in [5.41, 5.74) is 0.350. The van der Waals surface area contributed by atoms with Crippen molar-refractivity contribution in [2.24, 2.45) is 11.8 Å². The van der Waals surface area contributed by atoms with E-state index < -0.39 is 47.5 Å². The number of amides is 3. The number of likely N-dealkylation sites (tertiary alicyclic amines) is 1. The van der Waals surface area contributed by atoms with Gasteiger partial charge in [-0.05, 0) is 36.5 Å². The summed E-state index contributed by atoms with van der Waals surface area (Å²) in [4.78, 5) is 59.8. The van der Waals surface area contributed by atoms with Crippen LogP contribution in [0.1, 0.15) is 55.7 Å². The Morgan fingerprint density at radius 1 is 0.917 bits per heavy atom.